The van der Waals surface area contributed by atoms with Crippen molar-refractivity contribution in [3.8, 4) is 0 Å². The van der Waals surface area contributed by atoms with Crippen LogP contribution in [0, 0.1) is 5.92 Å². The van der Waals surface area contributed by atoms with Crippen LogP contribution in [-0.2, 0) is 17.8 Å². The zero-order valence-electron chi connectivity index (χ0n) is 11.6. The van der Waals surface area contributed by atoms with E-state index in [4.69, 9.17) is 4.74 Å². The molecule has 1 rings (SSSR count). The number of rotatable bonds is 9. The van der Waals surface area contributed by atoms with Crippen LogP contribution in [0.25, 0.3) is 0 Å². The van der Waals surface area contributed by atoms with Crippen molar-refractivity contribution >= 4 is 0 Å². The molecule has 1 aromatic heterocycles. The predicted octanol–water partition coefficient (Wildman–Crippen LogP) is 1.62. The third-order valence-electron chi connectivity index (χ3n) is 2.36. The van der Waals surface area contributed by atoms with Crippen molar-refractivity contribution < 1.29 is 4.74 Å². The second kappa shape index (κ2) is 8.83. The van der Waals surface area contributed by atoms with E-state index in [0.29, 0.717) is 19.1 Å². The van der Waals surface area contributed by atoms with Crippen molar-refractivity contribution in [1.82, 2.24) is 20.3 Å². The molecule has 0 bridgehead atoms. The summed E-state index contributed by atoms with van der Waals surface area (Å²) >= 11 is 0. The minimum atomic E-state index is 0.653. The molecular formula is C13H24N4O. The summed E-state index contributed by atoms with van der Waals surface area (Å²) in [4.78, 5) is 0. The largest absolute Gasteiger partial charge is 0.375 e. The molecule has 18 heavy (non-hydrogen) atoms. The van der Waals surface area contributed by atoms with Gasteiger partial charge in [-0.25, -0.2) is 4.68 Å². The number of allylic oxidation sites excluding steroid dienone is 1. The van der Waals surface area contributed by atoms with Crippen LogP contribution in [0.4, 0.5) is 0 Å². The van der Waals surface area contributed by atoms with E-state index in [1.807, 2.05) is 30.0 Å². The van der Waals surface area contributed by atoms with E-state index < -0.39 is 0 Å². The molecule has 0 saturated carbocycles. The molecule has 0 aliphatic carbocycles. The molecule has 1 aromatic rings. The first-order valence-electron chi connectivity index (χ1n) is 6.51. The lowest BCUT2D eigenvalue weighted by Gasteiger charge is -2.04. The maximum atomic E-state index is 5.41. The number of hydrogen-bond acceptors (Lipinski definition) is 4. The maximum absolute atomic E-state index is 5.41. The molecule has 0 atom stereocenters. The van der Waals surface area contributed by atoms with Gasteiger partial charge >= 0.3 is 0 Å². The fraction of sp³-hybridized carbons (Fsp3) is 0.692. The molecule has 0 radical (unpaired) electrons. The average Bonchev–Trinajstić information content (AvgIpc) is 2.76. The molecule has 0 fully saturated rings. The molecule has 1 heterocycles. The van der Waals surface area contributed by atoms with E-state index in [1.54, 1.807) is 0 Å². The first-order valence-corrected chi connectivity index (χ1v) is 6.51. The van der Waals surface area contributed by atoms with Gasteiger partial charge in [0.15, 0.2) is 0 Å². The van der Waals surface area contributed by atoms with Crippen molar-refractivity contribution in [2.75, 3.05) is 19.8 Å². The Morgan fingerprint density at radius 3 is 3.06 bits per heavy atom. The quantitative estimate of drug-likeness (QED) is 0.536. The Kier molecular flexibility index (Phi) is 7.29. The van der Waals surface area contributed by atoms with Gasteiger partial charge in [-0.15, -0.1) is 5.10 Å². The van der Waals surface area contributed by atoms with Gasteiger partial charge < -0.3 is 10.1 Å². The van der Waals surface area contributed by atoms with Crippen molar-refractivity contribution in [3.63, 3.8) is 0 Å². The fourth-order valence-corrected chi connectivity index (χ4v) is 1.42. The molecule has 0 saturated heterocycles. The SMILES string of the molecule is CC=CCOCCn1cc(CNCC(C)C)nn1. The summed E-state index contributed by atoms with van der Waals surface area (Å²) in [5.74, 6) is 0.653. The Morgan fingerprint density at radius 1 is 1.50 bits per heavy atom. The van der Waals surface area contributed by atoms with Crippen LogP contribution in [0.5, 0.6) is 0 Å². The Balaban J connectivity index is 2.17. The van der Waals surface area contributed by atoms with Crippen LogP contribution < -0.4 is 5.32 Å². The van der Waals surface area contributed by atoms with Gasteiger partial charge in [-0.1, -0.05) is 31.2 Å². The van der Waals surface area contributed by atoms with Crippen LogP contribution in [0.15, 0.2) is 18.3 Å². The number of ether oxygens (including phenoxy) is 1. The normalized spacial score (nSPS) is 11.8. The average molecular weight is 252 g/mol. The van der Waals surface area contributed by atoms with E-state index in [-0.39, 0.29) is 0 Å². The molecule has 0 amide bonds. The molecule has 102 valence electrons. The Morgan fingerprint density at radius 2 is 2.33 bits per heavy atom. The monoisotopic (exact) mass is 252 g/mol. The van der Waals surface area contributed by atoms with Crippen LogP contribution in [0.1, 0.15) is 26.5 Å². The zero-order valence-corrected chi connectivity index (χ0v) is 11.6. The Labute approximate surface area is 109 Å². The highest BCUT2D eigenvalue weighted by atomic mass is 16.5. The zero-order chi connectivity index (χ0) is 13.2. The molecule has 0 unspecified atom stereocenters. The molecule has 5 nitrogen and oxygen atoms in total. The molecule has 1 N–H and O–H groups in total. The maximum Gasteiger partial charge on any atom is 0.0964 e. The van der Waals surface area contributed by atoms with E-state index in [0.717, 1.165) is 25.3 Å². The number of nitrogens with one attached hydrogen (secondary N) is 1. The first-order chi connectivity index (χ1) is 8.72. The van der Waals surface area contributed by atoms with Crippen molar-refractivity contribution in [3.05, 3.63) is 24.0 Å². The smallest absolute Gasteiger partial charge is 0.0964 e. The Bertz CT molecular complexity index is 347. The fourth-order valence-electron chi connectivity index (χ4n) is 1.42. The summed E-state index contributed by atoms with van der Waals surface area (Å²) in [6.45, 7) is 10.2. The van der Waals surface area contributed by atoms with Crippen LogP contribution in [0.3, 0.4) is 0 Å². The lowest BCUT2D eigenvalue weighted by Crippen LogP contribution is -2.19. The minimum absolute atomic E-state index is 0.653. The molecule has 0 spiro atoms. The van der Waals surface area contributed by atoms with Crippen LogP contribution in [-0.4, -0.2) is 34.8 Å². The van der Waals surface area contributed by atoms with Crippen molar-refractivity contribution in [1.29, 1.82) is 0 Å². The summed E-state index contributed by atoms with van der Waals surface area (Å²) in [5, 5.41) is 11.5. The standard InChI is InChI=1S/C13H24N4O/c1-4-5-7-18-8-6-17-11-13(15-16-17)10-14-9-12(2)3/h4-5,11-12,14H,6-10H2,1-3H3. The lowest BCUT2D eigenvalue weighted by molar-refractivity contribution is 0.149. The molecule has 5 heteroatoms. The summed E-state index contributed by atoms with van der Waals surface area (Å²) in [6.07, 6.45) is 5.93. The highest BCUT2D eigenvalue weighted by molar-refractivity contribution is 4.91. The number of hydrogen-bond donors (Lipinski definition) is 1. The van der Waals surface area contributed by atoms with Gasteiger partial charge in [0, 0.05) is 12.7 Å². The van der Waals surface area contributed by atoms with Gasteiger partial charge in [0.2, 0.25) is 0 Å². The van der Waals surface area contributed by atoms with E-state index >= 15 is 0 Å². The topological polar surface area (TPSA) is 52.0 Å². The Hall–Kier alpha value is -1.20. The van der Waals surface area contributed by atoms with Crippen LogP contribution >= 0.6 is 0 Å². The first kappa shape index (κ1) is 14.9. The van der Waals surface area contributed by atoms with Gasteiger partial charge in [-0.3, -0.25) is 0 Å². The lowest BCUT2D eigenvalue weighted by atomic mass is 10.2. The van der Waals surface area contributed by atoms with E-state index in [9.17, 15) is 0 Å². The van der Waals surface area contributed by atoms with E-state index in [1.165, 1.54) is 0 Å². The predicted molar refractivity (Wildman–Crippen MR) is 72.2 cm³/mol. The van der Waals surface area contributed by atoms with Crippen LogP contribution in [0.2, 0.25) is 0 Å². The molecular weight excluding hydrogens is 228 g/mol. The second-order valence-corrected chi connectivity index (χ2v) is 4.64. The molecule has 0 aromatic carbocycles. The summed E-state index contributed by atoms with van der Waals surface area (Å²) < 4.78 is 7.23. The third kappa shape index (κ3) is 6.51. The summed E-state index contributed by atoms with van der Waals surface area (Å²) in [7, 11) is 0. The van der Waals surface area contributed by atoms with Gasteiger partial charge in [0.05, 0.1) is 25.5 Å². The number of nitrogens with zero attached hydrogens (tertiary/aromatic N) is 3. The summed E-state index contributed by atoms with van der Waals surface area (Å²) in [6, 6.07) is 0. The summed E-state index contributed by atoms with van der Waals surface area (Å²) in [5.41, 5.74) is 0.976. The number of aromatic nitrogens is 3. The van der Waals surface area contributed by atoms with Gasteiger partial charge in [-0.05, 0) is 19.4 Å². The van der Waals surface area contributed by atoms with Crippen molar-refractivity contribution in [2.24, 2.45) is 5.92 Å². The van der Waals surface area contributed by atoms with E-state index in [2.05, 4.69) is 29.5 Å². The minimum Gasteiger partial charge on any atom is -0.375 e. The second-order valence-electron chi connectivity index (χ2n) is 4.64. The molecule has 0 aliphatic rings. The van der Waals surface area contributed by atoms with Gasteiger partial charge in [-0.2, -0.15) is 0 Å². The highest BCUT2D eigenvalue weighted by Gasteiger charge is 2.00. The van der Waals surface area contributed by atoms with Gasteiger partial charge in [0.1, 0.15) is 0 Å². The van der Waals surface area contributed by atoms with Crippen molar-refractivity contribution in [2.45, 2.75) is 33.9 Å². The molecule has 0 aliphatic heterocycles. The highest BCUT2D eigenvalue weighted by Crippen LogP contribution is 1.94. The van der Waals surface area contributed by atoms with Gasteiger partial charge in [0.25, 0.3) is 0 Å². The third-order valence-corrected chi connectivity index (χ3v) is 2.36.